The maximum atomic E-state index is 13.4. The number of nitrogens with zero attached hydrogens (tertiary/aromatic N) is 3. The number of para-hydroxylation sites is 1. The Hall–Kier alpha value is -3.47. The predicted octanol–water partition coefficient (Wildman–Crippen LogP) is 1.95. The van der Waals surface area contributed by atoms with Crippen LogP contribution < -0.4 is 20.1 Å². The highest BCUT2D eigenvalue weighted by atomic mass is 16.5. The fourth-order valence-corrected chi connectivity index (χ4v) is 4.61. The van der Waals surface area contributed by atoms with Gasteiger partial charge in [0.1, 0.15) is 0 Å². The molecule has 2 aliphatic heterocycles. The van der Waals surface area contributed by atoms with E-state index >= 15 is 0 Å². The molecule has 2 heterocycles. The van der Waals surface area contributed by atoms with E-state index in [1.54, 1.807) is 34.9 Å². The molecule has 1 aromatic rings. The van der Waals surface area contributed by atoms with Crippen molar-refractivity contribution in [1.29, 1.82) is 0 Å². The Bertz CT molecular complexity index is 989. The molecule has 36 heavy (non-hydrogen) atoms. The third-order valence-electron chi connectivity index (χ3n) is 6.36. The molecule has 0 aliphatic carbocycles. The molecule has 3 rings (SSSR count). The van der Waals surface area contributed by atoms with Gasteiger partial charge in [-0.3, -0.25) is 9.80 Å². The first-order valence-corrected chi connectivity index (χ1v) is 12.3. The summed E-state index contributed by atoms with van der Waals surface area (Å²) in [5.41, 5.74) is 1.54. The average molecular weight is 504 g/mol. The van der Waals surface area contributed by atoms with Gasteiger partial charge in [-0.05, 0) is 26.8 Å². The topological polar surface area (TPSA) is 113 Å². The number of urea groups is 2. The molecule has 1 fully saturated rings. The van der Waals surface area contributed by atoms with Crippen LogP contribution in [0.15, 0.2) is 29.5 Å². The van der Waals surface area contributed by atoms with Crippen molar-refractivity contribution in [1.82, 2.24) is 25.3 Å². The minimum absolute atomic E-state index is 0.0824. The molecule has 0 aromatic heterocycles. The Morgan fingerprint density at radius 3 is 2.39 bits per heavy atom. The number of carbonyl (C=O) groups is 3. The van der Waals surface area contributed by atoms with Crippen molar-refractivity contribution < 1.29 is 28.6 Å². The van der Waals surface area contributed by atoms with Crippen molar-refractivity contribution >= 4 is 18.0 Å². The monoisotopic (exact) mass is 503 g/mol. The van der Waals surface area contributed by atoms with E-state index in [0.717, 1.165) is 0 Å². The lowest BCUT2D eigenvalue weighted by Gasteiger charge is -2.40. The molecule has 0 bridgehead atoms. The molecule has 2 N–H and O–H groups in total. The number of hydrogen-bond acceptors (Lipinski definition) is 7. The minimum atomic E-state index is -0.781. The number of ether oxygens (including phenoxy) is 3. The first kappa shape index (κ1) is 27.1. The van der Waals surface area contributed by atoms with Crippen molar-refractivity contribution in [3.05, 3.63) is 35.0 Å². The zero-order valence-corrected chi connectivity index (χ0v) is 21.8. The molecule has 1 saturated heterocycles. The average Bonchev–Trinajstić information content (AvgIpc) is 2.88. The largest absolute Gasteiger partial charge is 0.493 e. The lowest BCUT2D eigenvalue weighted by molar-refractivity contribution is -0.139. The fourth-order valence-electron chi connectivity index (χ4n) is 4.61. The van der Waals surface area contributed by atoms with Crippen LogP contribution in [0.2, 0.25) is 0 Å². The van der Waals surface area contributed by atoms with E-state index in [9.17, 15) is 14.4 Å². The second-order valence-corrected chi connectivity index (χ2v) is 8.39. The van der Waals surface area contributed by atoms with Gasteiger partial charge in [-0.1, -0.05) is 12.1 Å². The summed E-state index contributed by atoms with van der Waals surface area (Å²) in [7, 11) is 3.06. The Labute approximate surface area is 212 Å². The highest BCUT2D eigenvalue weighted by molar-refractivity contribution is 5.95. The molecule has 2 aliphatic rings. The Morgan fingerprint density at radius 2 is 1.81 bits per heavy atom. The van der Waals surface area contributed by atoms with Crippen molar-refractivity contribution in [2.75, 3.05) is 66.6 Å². The molecule has 11 nitrogen and oxygen atoms in total. The summed E-state index contributed by atoms with van der Waals surface area (Å²) in [5.74, 6) is 0.433. The molecular formula is C25H37N5O6. The van der Waals surface area contributed by atoms with Crippen LogP contribution in [-0.4, -0.2) is 99.4 Å². The van der Waals surface area contributed by atoms with E-state index in [1.165, 1.54) is 14.2 Å². The number of amides is 4. The molecular weight excluding hydrogens is 466 g/mol. The van der Waals surface area contributed by atoms with E-state index in [1.807, 2.05) is 13.8 Å². The summed E-state index contributed by atoms with van der Waals surface area (Å²) >= 11 is 0. The first-order chi connectivity index (χ1) is 17.4. The number of carbonyl (C=O) groups excluding carboxylic acids is 3. The van der Waals surface area contributed by atoms with Gasteiger partial charge in [0.25, 0.3) is 0 Å². The summed E-state index contributed by atoms with van der Waals surface area (Å²) in [6.45, 7) is 9.35. The first-order valence-electron chi connectivity index (χ1n) is 12.3. The number of hydrogen-bond donors (Lipinski definition) is 2. The molecule has 0 radical (unpaired) electrons. The van der Waals surface area contributed by atoms with Crippen LogP contribution in [0.5, 0.6) is 11.5 Å². The second-order valence-electron chi connectivity index (χ2n) is 8.39. The lowest BCUT2D eigenvalue weighted by atomic mass is 9.93. The molecule has 1 atom stereocenters. The number of likely N-dealkylation sites (N-methyl/N-ethyl adjacent to an activating group) is 1. The van der Waals surface area contributed by atoms with Gasteiger partial charge in [-0.15, -0.1) is 0 Å². The fraction of sp³-hybridized carbons (Fsp3) is 0.560. The van der Waals surface area contributed by atoms with Gasteiger partial charge in [0.15, 0.2) is 11.5 Å². The number of rotatable bonds is 9. The third kappa shape index (κ3) is 5.67. The number of piperazine rings is 1. The predicted molar refractivity (Wildman–Crippen MR) is 134 cm³/mol. The van der Waals surface area contributed by atoms with Gasteiger partial charge in [0, 0.05) is 57.1 Å². The van der Waals surface area contributed by atoms with Crippen LogP contribution in [0.4, 0.5) is 9.59 Å². The van der Waals surface area contributed by atoms with Crippen LogP contribution in [0.1, 0.15) is 32.4 Å². The highest BCUT2D eigenvalue weighted by Crippen LogP contribution is 2.40. The quantitative estimate of drug-likeness (QED) is 0.496. The maximum absolute atomic E-state index is 13.4. The van der Waals surface area contributed by atoms with Crippen molar-refractivity contribution in [2.24, 2.45) is 0 Å². The summed E-state index contributed by atoms with van der Waals surface area (Å²) in [5, 5.41) is 5.79. The Morgan fingerprint density at radius 1 is 1.08 bits per heavy atom. The van der Waals surface area contributed by atoms with Gasteiger partial charge in [0.05, 0.1) is 32.4 Å². The standard InChI is InChI=1S/C25H37N5O6/c1-6-26-24(32)29-14-12-28(13-15-29)16-18-20(23(31)36-8-3)21(27-25(33)30(18)7-2)17-10-9-11-19(34-4)22(17)35-5/h9-11,21H,6-8,12-16H2,1-5H3,(H,26,32)(H,27,33)/t21-/m0/s1. The van der Waals surface area contributed by atoms with Crippen LogP contribution >= 0.6 is 0 Å². The minimum Gasteiger partial charge on any atom is -0.493 e. The number of methoxy groups -OCH3 is 2. The van der Waals surface area contributed by atoms with Crippen LogP contribution in [0.25, 0.3) is 0 Å². The van der Waals surface area contributed by atoms with Crippen LogP contribution in [0, 0.1) is 0 Å². The molecule has 0 spiro atoms. The molecule has 198 valence electrons. The van der Waals surface area contributed by atoms with E-state index < -0.39 is 12.0 Å². The van der Waals surface area contributed by atoms with Gasteiger partial charge in [-0.25, -0.2) is 14.4 Å². The van der Waals surface area contributed by atoms with Gasteiger partial charge in [-0.2, -0.15) is 0 Å². The van der Waals surface area contributed by atoms with Crippen molar-refractivity contribution in [3.8, 4) is 11.5 Å². The van der Waals surface area contributed by atoms with E-state index in [-0.39, 0.29) is 18.7 Å². The van der Waals surface area contributed by atoms with Crippen molar-refractivity contribution in [2.45, 2.75) is 26.8 Å². The smallest absolute Gasteiger partial charge is 0.338 e. The second kappa shape index (κ2) is 12.5. The zero-order chi connectivity index (χ0) is 26.2. The summed E-state index contributed by atoms with van der Waals surface area (Å²) in [4.78, 5) is 44.3. The summed E-state index contributed by atoms with van der Waals surface area (Å²) < 4.78 is 16.5. The van der Waals surface area contributed by atoms with Gasteiger partial charge >= 0.3 is 18.0 Å². The molecule has 11 heteroatoms. The highest BCUT2D eigenvalue weighted by Gasteiger charge is 2.40. The summed E-state index contributed by atoms with van der Waals surface area (Å²) in [6.07, 6.45) is 0. The number of benzene rings is 1. The van der Waals surface area contributed by atoms with Gasteiger partial charge < -0.3 is 29.7 Å². The summed E-state index contributed by atoms with van der Waals surface area (Å²) in [6, 6.07) is 4.18. The number of esters is 1. The lowest BCUT2D eigenvalue weighted by Crippen LogP contribution is -2.55. The zero-order valence-electron chi connectivity index (χ0n) is 21.8. The van der Waals surface area contributed by atoms with Crippen LogP contribution in [-0.2, 0) is 9.53 Å². The van der Waals surface area contributed by atoms with Crippen LogP contribution in [0.3, 0.4) is 0 Å². The third-order valence-corrected chi connectivity index (χ3v) is 6.36. The molecule has 4 amide bonds. The Kier molecular flexibility index (Phi) is 9.40. The molecule has 1 aromatic carbocycles. The molecule has 0 saturated carbocycles. The number of nitrogens with one attached hydrogen (secondary N) is 2. The van der Waals surface area contributed by atoms with E-state index in [0.29, 0.717) is 74.1 Å². The van der Waals surface area contributed by atoms with E-state index in [4.69, 9.17) is 14.2 Å². The maximum Gasteiger partial charge on any atom is 0.338 e. The normalized spacial score (nSPS) is 18.6. The molecule has 0 unspecified atom stereocenters. The van der Waals surface area contributed by atoms with E-state index in [2.05, 4.69) is 15.5 Å². The Balaban J connectivity index is 2.02. The van der Waals surface area contributed by atoms with Gasteiger partial charge in [0.2, 0.25) is 0 Å². The SMILES string of the molecule is CCNC(=O)N1CCN(CC2=C(C(=O)OCC)[C@H](c3cccc(OC)c3OC)NC(=O)N2CC)CC1. The van der Waals surface area contributed by atoms with Crippen molar-refractivity contribution in [3.63, 3.8) is 0 Å².